The summed E-state index contributed by atoms with van der Waals surface area (Å²) in [5.74, 6) is 0.623. The molecule has 4 heteroatoms. The molecule has 2 aliphatic rings. The Bertz CT molecular complexity index is 745. The van der Waals surface area contributed by atoms with E-state index in [-0.39, 0.29) is 0 Å². The maximum Gasteiger partial charge on any atom is 0.0594 e. The maximum atomic E-state index is 9.41. The molecule has 0 radical (unpaired) electrons. The molecule has 156 valence electrons. The van der Waals surface area contributed by atoms with Crippen molar-refractivity contribution in [1.29, 1.82) is 0 Å². The average molecular weight is 395 g/mol. The van der Waals surface area contributed by atoms with Gasteiger partial charge in [-0.25, -0.2) is 0 Å². The second kappa shape index (κ2) is 10.4. The van der Waals surface area contributed by atoms with E-state index in [0.29, 0.717) is 18.6 Å². The fourth-order valence-electron chi connectivity index (χ4n) is 5.06. The lowest BCUT2D eigenvalue weighted by molar-refractivity contribution is -0.0231. The standard InChI is InChI=1S/C25H34N2O2/c28-16-6-10-23-20-26(13-12-25(23)27-14-17-29-18-15-27)19-22-9-4-5-11-24(22)21-7-2-1-3-8-21/h1-5,7-9,11,23,25,28H,6,10,12-20H2/t23-,25+/m1/s1. The largest absolute Gasteiger partial charge is 0.396 e. The summed E-state index contributed by atoms with van der Waals surface area (Å²) in [7, 11) is 0. The molecule has 29 heavy (non-hydrogen) atoms. The van der Waals surface area contributed by atoms with E-state index in [4.69, 9.17) is 4.74 Å². The van der Waals surface area contributed by atoms with E-state index in [2.05, 4.69) is 64.4 Å². The van der Waals surface area contributed by atoms with Crippen LogP contribution in [0.4, 0.5) is 0 Å². The van der Waals surface area contributed by atoms with Crippen LogP contribution in [-0.4, -0.2) is 66.9 Å². The van der Waals surface area contributed by atoms with Crippen molar-refractivity contribution in [1.82, 2.24) is 9.80 Å². The number of likely N-dealkylation sites (tertiary alicyclic amines) is 1. The normalized spacial score (nSPS) is 23.9. The number of ether oxygens (including phenoxy) is 1. The average Bonchev–Trinajstić information content (AvgIpc) is 2.79. The highest BCUT2D eigenvalue weighted by molar-refractivity contribution is 5.67. The van der Waals surface area contributed by atoms with Gasteiger partial charge in [-0.1, -0.05) is 54.6 Å². The zero-order chi connectivity index (χ0) is 19.9. The first-order chi connectivity index (χ1) is 14.3. The lowest BCUT2D eigenvalue weighted by Gasteiger charge is -2.45. The Morgan fingerprint density at radius 1 is 0.931 bits per heavy atom. The highest BCUT2D eigenvalue weighted by atomic mass is 16.5. The lowest BCUT2D eigenvalue weighted by Crippen LogP contribution is -2.53. The Labute approximate surface area is 175 Å². The topological polar surface area (TPSA) is 35.9 Å². The van der Waals surface area contributed by atoms with Crippen LogP contribution in [0.1, 0.15) is 24.8 Å². The van der Waals surface area contributed by atoms with E-state index in [1.807, 2.05) is 0 Å². The highest BCUT2D eigenvalue weighted by Crippen LogP contribution is 2.30. The second-order valence-corrected chi connectivity index (χ2v) is 8.39. The summed E-state index contributed by atoms with van der Waals surface area (Å²) in [6.45, 7) is 7.37. The summed E-state index contributed by atoms with van der Waals surface area (Å²) in [5, 5.41) is 9.41. The zero-order valence-corrected chi connectivity index (χ0v) is 17.4. The molecular formula is C25H34N2O2. The summed E-state index contributed by atoms with van der Waals surface area (Å²) >= 11 is 0. The number of hydrogen-bond acceptors (Lipinski definition) is 4. The summed E-state index contributed by atoms with van der Waals surface area (Å²) in [6, 6.07) is 20.2. The number of aliphatic hydroxyl groups is 1. The van der Waals surface area contributed by atoms with Gasteiger partial charge >= 0.3 is 0 Å². The molecule has 4 rings (SSSR count). The molecule has 1 N–H and O–H groups in total. The first-order valence-electron chi connectivity index (χ1n) is 11.1. The molecule has 0 spiro atoms. The van der Waals surface area contributed by atoms with Crippen LogP contribution in [0, 0.1) is 5.92 Å². The Morgan fingerprint density at radius 3 is 2.48 bits per heavy atom. The van der Waals surface area contributed by atoms with Crippen molar-refractivity contribution in [2.45, 2.75) is 31.8 Å². The van der Waals surface area contributed by atoms with Gasteiger partial charge in [0.2, 0.25) is 0 Å². The van der Waals surface area contributed by atoms with Gasteiger partial charge < -0.3 is 9.84 Å². The minimum Gasteiger partial charge on any atom is -0.396 e. The van der Waals surface area contributed by atoms with Gasteiger partial charge in [0, 0.05) is 38.8 Å². The van der Waals surface area contributed by atoms with E-state index < -0.39 is 0 Å². The molecule has 2 aromatic rings. The molecule has 2 fully saturated rings. The van der Waals surface area contributed by atoms with Crippen molar-refractivity contribution in [2.24, 2.45) is 5.92 Å². The zero-order valence-electron chi connectivity index (χ0n) is 17.4. The molecule has 2 saturated heterocycles. The minimum atomic E-state index is 0.295. The van der Waals surface area contributed by atoms with Gasteiger partial charge in [0.05, 0.1) is 13.2 Å². The quantitative estimate of drug-likeness (QED) is 0.778. The van der Waals surface area contributed by atoms with Crippen LogP contribution < -0.4 is 0 Å². The number of nitrogens with zero attached hydrogens (tertiary/aromatic N) is 2. The fourth-order valence-corrected chi connectivity index (χ4v) is 5.06. The van der Waals surface area contributed by atoms with Crippen molar-refractivity contribution in [3.8, 4) is 11.1 Å². The Morgan fingerprint density at radius 2 is 1.69 bits per heavy atom. The molecule has 2 aliphatic heterocycles. The number of hydrogen-bond donors (Lipinski definition) is 1. The van der Waals surface area contributed by atoms with E-state index in [1.165, 1.54) is 23.1 Å². The van der Waals surface area contributed by atoms with Crippen molar-refractivity contribution < 1.29 is 9.84 Å². The molecule has 2 heterocycles. The minimum absolute atomic E-state index is 0.295. The van der Waals surface area contributed by atoms with Gasteiger partial charge in [-0.3, -0.25) is 9.80 Å². The van der Waals surface area contributed by atoms with E-state index in [9.17, 15) is 5.11 Å². The first kappa shape index (κ1) is 20.5. The third kappa shape index (κ3) is 5.26. The molecule has 0 aromatic heterocycles. The van der Waals surface area contributed by atoms with Gasteiger partial charge in [-0.2, -0.15) is 0 Å². The molecule has 4 nitrogen and oxygen atoms in total. The molecule has 0 unspecified atom stereocenters. The summed E-state index contributed by atoms with van der Waals surface area (Å²) in [5.41, 5.74) is 4.04. The molecule has 2 aromatic carbocycles. The summed E-state index contributed by atoms with van der Waals surface area (Å²) in [4.78, 5) is 5.27. The van der Waals surface area contributed by atoms with E-state index in [1.54, 1.807) is 0 Å². The molecule has 0 saturated carbocycles. The SMILES string of the molecule is OCCC[C@@H]1CN(Cc2ccccc2-c2ccccc2)CC[C@@H]1N1CCOCC1. The Hall–Kier alpha value is -1.72. The molecule has 2 atom stereocenters. The Balaban J connectivity index is 1.46. The van der Waals surface area contributed by atoms with Gasteiger partial charge in [-0.05, 0) is 48.4 Å². The molecule has 0 amide bonds. The van der Waals surface area contributed by atoms with Crippen LogP contribution in [0.25, 0.3) is 11.1 Å². The third-order valence-electron chi connectivity index (χ3n) is 6.52. The second-order valence-electron chi connectivity index (χ2n) is 8.39. The van der Waals surface area contributed by atoms with Crippen LogP contribution in [0.15, 0.2) is 54.6 Å². The van der Waals surface area contributed by atoms with Crippen LogP contribution in [0.2, 0.25) is 0 Å². The molecule has 0 bridgehead atoms. The number of piperidine rings is 1. The van der Waals surface area contributed by atoms with Gasteiger partial charge in [0.25, 0.3) is 0 Å². The number of morpholine rings is 1. The van der Waals surface area contributed by atoms with Crippen LogP contribution in [0.3, 0.4) is 0 Å². The molecule has 0 aliphatic carbocycles. The maximum absolute atomic E-state index is 9.41. The van der Waals surface area contributed by atoms with Crippen molar-refractivity contribution in [3.63, 3.8) is 0 Å². The third-order valence-corrected chi connectivity index (χ3v) is 6.52. The highest BCUT2D eigenvalue weighted by Gasteiger charge is 2.33. The number of aliphatic hydroxyl groups excluding tert-OH is 1. The summed E-state index contributed by atoms with van der Waals surface area (Å²) < 4.78 is 5.57. The predicted molar refractivity (Wildman–Crippen MR) is 118 cm³/mol. The summed E-state index contributed by atoms with van der Waals surface area (Å²) in [6.07, 6.45) is 3.22. The number of rotatable bonds is 7. The Kier molecular flexibility index (Phi) is 7.33. The van der Waals surface area contributed by atoms with Crippen molar-refractivity contribution >= 4 is 0 Å². The predicted octanol–water partition coefficient (Wildman–Crippen LogP) is 3.65. The van der Waals surface area contributed by atoms with E-state index >= 15 is 0 Å². The monoisotopic (exact) mass is 394 g/mol. The first-order valence-corrected chi connectivity index (χ1v) is 11.1. The van der Waals surface area contributed by atoms with E-state index in [0.717, 1.165) is 58.8 Å². The van der Waals surface area contributed by atoms with Gasteiger partial charge in [-0.15, -0.1) is 0 Å². The fraction of sp³-hybridized carbons (Fsp3) is 0.520. The number of benzene rings is 2. The van der Waals surface area contributed by atoms with Crippen LogP contribution in [-0.2, 0) is 11.3 Å². The van der Waals surface area contributed by atoms with Crippen molar-refractivity contribution in [3.05, 3.63) is 60.2 Å². The molecular weight excluding hydrogens is 360 g/mol. The smallest absolute Gasteiger partial charge is 0.0594 e. The lowest BCUT2D eigenvalue weighted by atomic mass is 9.86. The van der Waals surface area contributed by atoms with Gasteiger partial charge in [0.1, 0.15) is 0 Å². The van der Waals surface area contributed by atoms with Gasteiger partial charge in [0.15, 0.2) is 0 Å². The van der Waals surface area contributed by atoms with Crippen LogP contribution >= 0.6 is 0 Å². The van der Waals surface area contributed by atoms with Crippen LogP contribution in [0.5, 0.6) is 0 Å². The van der Waals surface area contributed by atoms with Crippen molar-refractivity contribution in [2.75, 3.05) is 46.0 Å².